The highest BCUT2D eigenvalue weighted by Gasteiger charge is 2.26. The van der Waals surface area contributed by atoms with Gasteiger partial charge < -0.3 is 9.80 Å². The first-order valence-electron chi connectivity index (χ1n) is 9.97. The van der Waals surface area contributed by atoms with Gasteiger partial charge in [-0.15, -0.1) is 0 Å². The Labute approximate surface area is 168 Å². The predicted octanol–water partition coefficient (Wildman–Crippen LogP) is 4.13. The van der Waals surface area contributed by atoms with Crippen molar-refractivity contribution in [3.63, 3.8) is 0 Å². The lowest BCUT2D eigenvalue weighted by molar-refractivity contribution is 0.101. The molecule has 0 bridgehead atoms. The first-order valence-corrected chi connectivity index (χ1v) is 9.97. The zero-order chi connectivity index (χ0) is 20.3. The lowest BCUT2D eigenvalue weighted by Crippen LogP contribution is -2.32. The van der Waals surface area contributed by atoms with E-state index in [0.29, 0.717) is 6.04 Å². The standard InChI is InChI=1S/C23H30N4O/c1-6-18-9-7-11-21(22(18)17(3)28)25-16(2)20-10-8-13-24-23(20)27-14-12-19(15-27)26(4)5/h7-11,13,19H,6,12,14-15H2,1-5H3. The van der Waals surface area contributed by atoms with Crippen molar-refractivity contribution in [2.75, 3.05) is 32.1 Å². The maximum Gasteiger partial charge on any atom is 0.162 e. The van der Waals surface area contributed by atoms with Crippen LogP contribution in [0.1, 0.15) is 48.7 Å². The number of rotatable bonds is 6. The summed E-state index contributed by atoms with van der Waals surface area (Å²) in [5.41, 5.74) is 4.42. The van der Waals surface area contributed by atoms with Gasteiger partial charge in [-0.3, -0.25) is 9.79 Å². The summed E-state index contributed by atoms with van der Waals surface area (Å²) < 4.78 is 0. The molecule has 1 atom stereocenters. The average Bonchev–Trinajstić information content (AvgIpc) is 3.18. The Balaban J connectivity index is 1.99. The summed E-state index contributed by atoms with van der Waals surface area (Å²) in [6.07, 6.45) is 3.79. The minimum absolute atomic E-state index is 0.0591. The molecule has 28 heavy (non-hydrogen) atoms. The number of Topliss-reactive ketones (excluding diaryl/α,β-unsaturated/α-hetero) is 1. The SMILES string of the molecule is CCc1cccc(N=C(C)c2cccnc2N2CCC(N(C)C)C2)c1C(C)=O. The molecule has 1 aliphatic heterocycles. The predicted molar refractivity (Wildman–Crippen MR) is 116 cm³/mol. The molecule has 0 spiro atoms. The Morgan fingerprint density at radius 1 is 1.25 bits per heavy atom. The van der Waals surface area contributed by atoms with Gasteiger partial charge in [0.2, 0.25) is 0 Å². The molecule has 0 N–H and O–H groups in total. The molecule has 1 unspecified atom stereocenters. The molecular weight excluding hydrogens is 348 g/mol. The summed E-state index contributed by atoms with van der Waals surface area (Å²) in [7, 11) is 4.26. The van der Waals surface area contributed by atoms with E-state index in [1.807, 2.05) is 37.4 Å². The van der Waals surface area contributed by atoms with Gasteiger partial charge in [-0.05, 0) is 64.5 Å². The summed E-state index contributed by atoms with van der Waals surface area (Å²) in [4.78, 5) is 26.4. The maximum atomic E-state index is 12.2. The van der Waals surface area contributed by atoms with E-state index in [0.717, 1.165) is 59.8 Å². The van der Waals surface area contributed by atoms with Crippen molar-refractivity contribution in [2.45, 2.75) is 39.7 Å². The number of hydrogen-bond donors (Lipinski definition) is 0. The van der Waals surface area contributed by atoms with Crippen LogP contribution >= 0.6 is 0 Å². The van der Waals surface area contributed by atoms with E-state index < -0.39 is 0 Å². The number of aryl methyl sites for hydroxylation is 1. The lowest BCUT2D eigenvalue weighted by atomic mass is 10.00. The quantitative estimate of drug-likeness (QED) is 0.560. The number of likely N-dealkylation sites (N-methyl/N-ethyl adjacent to an activating group) is 1. The summed E-state index contributed by atoms with van der Waals surface area (Å²) >= 11 is 0. The van der Waals surface area contributed by atoms with E-state index in [2.05, 4.69) is 41.9 Å². The molecule has 2 heterocycles. The Bertz CT molecular complexity index is 888. The van der Waals surface area contributed by atoms with Crippen molar-refractivity contribution in [2.24, 2.45) is 4.99 Å². The number of aliphatic imine (C=N–C) groups is 1. The molecule has 3 rings (SSSR count). The highest BCUT2D eigenvalue weighted by atomic mass is 16.1. The molecule has 2 aromatic rings. The summed E-state index contributed by atoms with van der Waals surface area (Å²) in [6, 6.07) is 10.5. The van der Waals surface area contributed by atoms with E-state index in [9.17, 15) is 4.79 Å². The van der Waals surface area contributed by atoms with Gasteiger partial charge in [-0.1, -0.05) is 19.1 Å². The van der Waals surface area contributed by atoms with Gasteiger partial charge >= 0.3 is 0 Å². The Kier molecular flexibility index (Phi) is 6.25. The molecule has 1 aromatic carbocycles. The van der Waals surface area contributed by atoms with Crippen molar-refractivity contribution in [1.29, 1.82) is 0 Å². The van der Waals surface area contributed by atoms with Gasteiger partial charge in [0.05, 0.1) is 5.69 Å². The summed E-state index contributed by atoms with van der Waals surface area (Å²) in [6.45, 7) is 7.64. The van der Waals surface area contributed by atoms with Crippen LogP contribution in [-0.2, 0) is 6.42 Å². The van der Waals surface area contributed by atoms with Crippen LogP contribution < -0.4 is 4.90 Å². The number of ketones is 1. The van der Waals surface area contributed by atoms with Crippen LogP contribution in [0.3, 0.4) is 0 Å². The Hall–Kier alpha value is -2.53. The highest BCUT2D eigenvalue weighted by Crippen LogP contribution is 2.28. The minimum Gasteiger partial charge on any atom is -0.354 e. The molecule has 1 saturated heterocycles. The molecule has 5 nitrogen and oxygen atoms in total. The third kappa shape index (κ3) is 4.14. The highest BCUT2D eigenvalue weighted by molar-refractivity contribution is 6.07. The van der Waals surface area contributed by atoms with Crippen molar-refractivity contribution < 1.29 is 4.79 Å². The lowest BCUT2D eigenvalue weighted by Gasteiger charge is -2.23. The average molecular weight is 379 g/mol. The van der Waals surface area contributed by atoms with Gasteiger partial charge in [0.25, 0.3) is 0 Å². The zero-order valence-electron chi connectivity index (χ0n) is 17.6. The fraction of sp³-hybridized carbons (Fsp3) is 0.435. The molecule has 148 valence electrons. The largest absolute Gasteiger partial charge is 0.354 e. The van der Waals surface area contributed by atoms with Crippen LogP contribution in [0.25, 0.3) is 0 Å². The second-order valence-electron chi connectivity index (χ2n) is 7.64. The first-order chi connectivity index (χ1) is 13.4. The van der Waals surface area contributed by atoms with Gasteiger partial charge in [-0.25, -0.2) is 4.98 Å². The van der Waals surface area contributed by atoms with E-state index in [-0.39, 0.29) is 5.78 Å². The van der Waals surface area contributed by atoms with Gasteiger partial charge in [-0.2, -0.15) is 0 Å². The molecule has 1 aromatic heterocycles. The number of nitrogens with zero attached hydrogens (tertiary/aromatic N) is 4. The molecule has 1 aliphatic rings. The van der Waals surface area contributed by atoms with E-state index in [1.54, 1.807) is 6.92 Å². The van der Waals surface area contributed by atoms with Gasteiger partial charge in [0.15, 0.2) is 5.78 Å². The normalized spacial score (nSPS) is 17.4. The van der Waals surface area contributed by atoms with Crippen molar-refractivity contribution in [3.05, 3.63) is 53.2 Å². The van der Waals surface area contributed by atoms with Crippen LogP contribution in [-0.4, -0.2) is 54.6 Å². The Morgan fingerprint density at radius 3 is 2.68 bits per heavy atom. The first kappa shape index (κ1) is 20.2. The number of benzene rings is 1. The van der Waals surface area contributed by atoms with E-state index >= 15 is 0 Å². The van der Waals surface area contributed by atoms with Crippen LogP contribution in [0.5, 0.6) is 0 Å². The topological polar surface area (TPSA) is 48.8 Å². The van der Waals surface area contributed by atoms with Gasteiger partial charge in [0.1, 0.15) is 5.82 Å². The minimum atomic E-state index is 0.0591. The number of carbonyl (C=O) groups is 1. The van der Waals surface area contributed by atoms with Crippen molar-refractivity contribution >= 4 is 23.0 Å². The molecule has 1 fully saturated rings. The van der Waals surface area contributed by atoms with Crippen molar-refractivity contribution in [3.8, 4) is 0 Å². The second-order valence-corrected chi connectivity index (χ2v) is 7.64. The number of hydrogen-bond acceptors (Lipinski definition) is 5. The monoisotopic (exact) mass is 378 g/mol. The van der Waals surface area contributed by atoms with Crippen LogP contribution in [0, 0.1) is 0 Å². The van der Waals surface area contributed by atoms with Crippen LogP contribution in [0.15, 0.2) is 41.5 Å². The Morgan fingerprint density at radius 2 is 2.04 bits per heavy atom. The number of aromatic nitrogens is 1. The third-order valence-corrected chi connectivity index (χ3v) is 5.52. The smallest absolute Gasteiger partial charge is 0.162 e. The van der Waals surface area contributed by atoms with E-state index in [4.69, 9.17) is 4.99 Å². The zero-order valence-corrected chi connectivity index (χ0v) is 17.6. The summed E-state index contributed by atoms with van der Waals surface area (Å²) in [5.74, 6) is 1.04. The fourth-order valence-electron chi connectivity index (χ4n) is 3.91. The van der Waals surface area contributed by atoms with Crippen LogP contribution in [0.2, 0.25) is 0 Å². The van der Waals surface area contributed by atoms with E-state index in [1.165, 1.54) is 0 Å². The van der Waals surface area contributed by atoms with Crippen molar-refractivity contribution in [1.82, 2.24) is 9.88 Å². The molecular formula is C23H30N4O. The molecule has 0 saturated carbocycles. The number of anilines is 1. The molecule has 0 amide bonds. The number of carbonyl (C=O) groups excluding carboxylic acids is 1. The molecule has 0 radical (unpaired) electrons. The fourth-order valence-corrected chi connectivity index (χ4v) is 3.91. The molecule has 5 heteroatoms. The van der Waals surface area contributed by atoms with Gasteiger partial charge in [0, 0.05) is 42.2 Å². The summed E-state index contributed by atoms with van der Waals surface area (Å²) in [5, 5.41) is 0. The maximum absolute atomic E-state index is 12.2. The second kappa shape index (κ2) is 8.65. The molecule has 0 aliphatic carbocycles. The van der Waals surface area contributed by atoms with Crippen LogP contribution in [0.4, 0.5) is 11.5 Å². The number of pyridine rings is 1. The third-order valence-electron chi connectivity index (χ3n) is 5.52.